The maximum atomic E-state index is 3.47. The predicted molar refractivity (Wildman–Crippen MR) is 85.6 cm³/mol. The molecule has 0 heterocycles. The molecular weight excluding hydrogens is 242 g/mol. The summed E-state index contributed by atoms with van der Waals surface area (Å²) in [5, 5.41) is 3.47. The van der Waals surface area contributed by atoms with Gasteiger partial charge in [0.1, 0.15) is 0 Å². The Bertz CT molecular complexity index is 660. The van der Waals surface area contributed by atoms with Crippen LogP contribution in [0.3, 0.4) is 0 Å². The number of benzene rings is 3. The Morgan fingerprint density at radius 1 is 0.600 bits per heavy atom. The minimum Gasteiger partial charge on any atom is -0.381 e. The number of para-hydroxylation sites is 1. The van der Waals surface area contributed by atoms with E-state index >= 15 is 0 Å². The lowest BCUT2D eigenvalue weighted by molar-refractivity contribution is 1.15. The van der Waals surface area contributed by atoms with Crippen molar-refractivity contribution in [3.63, 3.8) is 0 Å². The van der Waals surface area contributed by atoms with Gasteiger partial charge in [-0.3, -0.25) is 0 Å². The summed E-state index contributed by atoms with van der Waals surface area (Å²) in [6.45, 7) is 0.828. The van der Waals surface area contributed by atoms with Gasteiger partial charge < -0.3 is 5.32 Å². The van der Waals surface area contributed by atoms with Gasteiger partial charge in [0.2, 0.25) is 0 Å². The molecule has 0 aliphatic heterocycles. The van der Waals surface area contributed by atoms with Gasteiger partial charge in [-0.1, -0.05) is 72.8 Å². The summed E-state index contributed by atoms with van der Waals surface area (Å²) in [7, 11) is 0. The first-order valence-electron chi connectivity index (χ1n) is 6.86. The van der Waals surface area contributed by atoms with Gasteiger partial charge in [-0.15, -0.1) is 0 Å². The Morgan fingerprint density at radius 3 is 1.95 bits per heavy atom. The van der Waals surface area contributed by atoms with Gasteiger partial charge >= 0.3 is 0 Å². The molecule has 0 fully saturated rings. The smallest absolute Gasteiger partial charge is 0.0406 e. The Kier molecular flexibility index (Phi) is 3.79. The molecule has 0 saturated heterocycles. The Balaban J connectivity index is 1.84. The van der Waals surface area contributed by atoms with Crippen molar-refractivity contribution in [1.29, 1.82) is 0 Å². The zero-order valence-corrected chi connectivity index (χ0v) is 11.3. The van der Waals surface area contributed by atoms with Crippen LogP contribution in [0.2, 0.25) is 0 Å². The quantitative estimate of drug-likeness (QED) is 0.697. The predicted octanol–water partition coefficient (Wildman–Crippen LogP) is 4.97. The second kappa shape index (κ2) is 6.07. The maximum absolute atomic E-state index is 3.47. The highest BCUT2D eigenvalue weighted by Crippen LogP contribution is 2.24. The number of hydrogen-bond acceptors (Lipinski definition) is 1. The lowest BCUT2D eigenvalue weighted by Gasteiger charge is -2.11. The van der Waals surface area contributed by atoms with Crippen molar-refractivity contribution in [2.75, 3.05) is 5.32 Å². The molecule has 0 aromatic heterocycles. The molecule has 0 amide bonds. The summed E-state index contributed by atoms with van der Waals surface area (Å²) in [5.74, 6) is 0. The van der Waals surface area contributed by atoms with Crippen molar-refractivity contribution in [2.45, 2.75) is 6.54 Å². The molecule has 0 aliphatic rings. The summed E-state index contributed by atoms with van der Waals surface area (Å²) in [5.41, 5.74) is 5.01. The van der Waals surface area contributed by atoms with Crippen molar-refractivity contribution < 1.29 is 0 Å². The van der Waals surface area contributed by atoms with Crippen LogP contribution >= 0.6 is 0 Å². The highest BCUT2D eigenvalue weighted by Gasteiger charge is 2.03. The molecule has 20 heavy (non-hydrogen) atoms. The van der Waals surface area contributed by atoms with Crippen LogP contribution in [0.5, 0.6) is 0 Å². The second-order valence-corrected chi connectivity index (χ2v) is 4.74. The molecule has 3 aromatic carbocycles. The van der Waals surface area contributed by atoms with E-state index in [1.807, 2.05) is 24.3 Å². The lowest BCUT2D eigenvalue weighted by atomic mass is 10.00. The first kappa shape index (κ1) is 12.5. The molecule has 0 atom stereocenters. The zero-order valence-electron chi connectivity index (χ0n) is 11.3. The van der Waals surface area contributed by atoms with Crippen LogP contribution in [0.15, 0.2) is 84.9 Å². The highest BCUT2D eigenvalue weighted by molar-refractivity contribution is 5.67. The summed E-state index contributed by atoms with van der Waals surface area (Å²) >= 11 is 0. The normalized spacial score (nSPS) is 10.2. The van der Waals surface area contributed by atoms with E-state index < -0.39 is 0 Å². The van der Waals surface area contributed by atoms with E-state index in [1.54, 1.807) is 0 Å². The standard InChI is InChI=1S/C19H17N/c1-3-9-16(10-4-1)19-14-8-7-11-17(19)15-20-18-12-5-2-6-13-18/h1-14,20H,15H2. The zero-order chi connectivity index (χ0) is 13.6. The summed E-state index contributed by atoms with van der Waals surface area (Å²) in [4.78, 5) is 0. The molecule has 0 aliphatic carbocycles. The fourth-order valence-electron chi connectivity index (χ4n) is 2.33. The summed E-state index contributed by atoms with van der Waals surface area (Å²) in [6, 6.07) is 29.4. The molecule has 0 unspecified atom stereocenters. The minimum atomic E-state index is 0.828. The minimum absolute atomic E-state index is 0.828. The van der Waals surface area contributed by atoms with Crippen molar-refractivity contribution >= 4 is 5.69 Å². The number of anilines is 1. The van der Waals surface area contributed by atoms with Gasteiger partial charge in [-0.25, -0.2) is 0 Å². The van der Waals surface area contributed by atoms with Crippen LogP contribution in [0.25, 0.3) is 11.1 Å². The van der Waals surface area contributed by atoms with E-state index in [4.69, 9.17) is 0 Å². The van der Waals surface area contributed by atoms with Crippen LogP contribution in [-0.4, -0.2) is 0 Å². The molecule has 1 nitrogen and oxygen atoms in total. The van der Waals surface area contributed by atoms with E-state index in [-0.39, 0.29) is 0 Å². The van der Waals surface area contributed by atoms with E-state index in [0.29, 0.717) is 0 Å². The molecule has 0 bridgehead atoms. The molecule has 98 valence electrons. The maximum Gasteiger partial charge on any atom is 0.0406 e. The monoisotopic (exact) mass is 259 g/mol. The van der Waals surface area contributed by atoms with Crippen molar-refractivity contribution in [3.8, 4) is 11.1 Å². The summed E-state index contributed by atoms with van der Waals surface area (Å²) in [6.07, 6.45) is 0. The van der Waals surface area contributed by atoms with Crippen LogP contribution < -0.4 is 5.32 Å². The molecule has 0 saturated carbocycles. The largest absolute Gasteiger partial charge is 0.381 e. The third-order valence-electron chi connectivity index (χ3n) is 3.36. The molecular formula is C19H17N. The van der Waals surface area contributed by atoms with Gasteiger partial charge in [0.25, 0.3) is 0 Å². The first-order chi connectivity index (χ1) is 9.93. The first-order valence-corrected chi connectivity index (χ1v) is 6.86. The third-order valence-corrected chi connectivity index (χ3v) is 3.36. The van der Waals surface area contributed by atoms with Crippen LogP contribution in [0, 0.1) is 0 Å². The van der Waals surface area contributed by atoms with E-state index in [2.05, 4.69) is 66.0 Å². The van der Waals surface area contributed by atoms with Crippen molar-refractivity contribution in [3.05, 3.63) is 90.5 Å². The molecule has 3 rings (SSSR count). The summed E-state index contributed by atoms with van der Waals surface area (Å²) < 4.78 is 0. The van der Waals surface area contributed by atoms with Crippen LogP contribution in [0.4, 0.5) is 5.69 Å². The van der Waals surface area contributed by atoms with Crippen molar-refractivity contribution in [1.82, 2.24) is 0 Å². The van der Waals surface area contributed by atoms with Crippen molar-refractivity contribution in [2.24, 2.45) is 0 Å². The number of nitrogens with one attached hydrogen (secondary N) is 1. The van der Waals surface area contributed by atoms with Gasteiger partial charge in [-0.2, -0.15) is 0 Å². The topological polar surface area (TPSA) is 12.0 Å². The molecule has 3 aromatic rings. The Labute approximate surface area is 119 Å². The van der Waals surface area contributed by atoms with E-state index in [9.17, 15) is 0 Å². The van der Waals surface area contributed by atoms with Gasteiger partial charge in [0.05, 0.1) is 0 Å². The second-order valence-electron chi connectivity index (χ2n) is 4.74. The molecule has 0 radical (unpaired) electrons. The fourth-order valence-corrected chi connectivity index (χ4v) is 2.33. The van der Waals surface area contributed by atoms with E-state index in [1.165, 1.54) is 16.7 Å². The number of hydrogen-bond donors (Lipinski definition) is 1. The van der Waals surface area contributed by atoms with E-state index in [0.717, 1.165) is 12.2 Å². The molecule has 0 spiro atoms. The average Bonchev–Trinajstić information content (AvgIpc) is 2.55. The Hall–Kier alpha value is -2.54. The SMILES string of the molecule is c1ccc(NCc2ccccc2-c2ccccc2)cc1. The fraction of sp³-hybridized carbons (Fsp3) is 0.0526. The Morgan fingerprint density at radius 2 is 1.20 bits per heavy atom. The number of rotatable bonds is 4. The highest BCUT2D eigenvalue weighted by atomic mass is 14.9. The van der Waals surface area contributed by atoms with Crippen LogP contribution in [0.1, 0.15) is 5.56 Å². The van der Waals surface area contributed by atoms with Gasteiger partial charge in [0.15, 0.2) is 0 Å². The average molecular weight is 259 g/mol. The third kappa shape index (κ3) is 2.89. The lowest BCUT2D eigenvalue weighted by Crippen LogP contribution is -2.00. The van der Waals surface area contributed by atoms with Gasteiger partial charge in [0, 0.05) is 12.2 Å². The van der Waals surface area contributed by atoms with Gasteiger partial charge in [-0.05, 0) is 28.8 Å². The van der Waals surface area contributed by atoms with Crippen LogP contribution in [-0.2, 0) is 6.54 Å². The molecule has 1 N–H and O–H groups in total. The molecule has 1 heteroatoms.